The number of rotatable bonds is 4. The highest BCUT2D eigenvalue weighted by Gasteiger charge is 2.47. The summed E-state index contributed by atoms with van der Waals surface area (Å²) < 4.78 is 0. The van der Waals surface area contributed by atoms with Gasteiger partial charge in [-0.2, -0.15) is 0 Å². The zero-order valence-corrected chi connectivity index (χ0v) is 12.3. The van der Waals surface area contributed by atoms with Gasteiger partial charge in [0.05, 0.1) is 5.54 Å². The molecule has 4 heteroatoms. The third kappa shape index (κ3) is 2.57. The highest BCUT2D eigenvalue weighted by molar-refractivity contribution is 6.30. The molecule has 0 bridgehead atoms. The van der Waals surface area contributed by atoms with Crippen molar-refractivity contribution < 1.29 is 4.79 Å². The Balaban J connectivity index is 1.70. The minimum absolute atomic E-state index is 0.102. The lowest BCUT2D eigenvalue weighted by Gasteiger charge is -2.23. The van der Waals surface area contributed by atoms with Gasteiger partial charge in [0.1, 0.15) is 0 Å². The Morgan fingerprint density at radius 2 is 2.00 bits per heavy atom. The molecular formula is C16H21ClN2O. The van der Waals surface area contributed by atoms with Gasteiger partial charge < -0.3 is 11.1 Å². The van der Waals surface area contributed by atoms with Crippen LogP contribution in [0.1, 0.15) is 37.7 Å². The number of benzene rings is 1. The van der Waals surface area contributed by atoms with E-state index in [1.807, 2.05) is 24.3 Å². The van der Waals surface area contributed by atoms with Crippen LogP contribution in [0.4, 0.5) is 0 Å². The van der Waals surface area contributed by atoms with Crippen molar-refractivity contribution >= 4 is 17.5 Å². The molecule has 3 rings (SSSR count). The van der Waals surface area contributed by atoms with Crippen molar-refractivity contribution in [1.82, 2.24) is 5.32 Å². The Bertz CT molecular complexity index is 496. The van der Waals surface area contributed by atoms with Crippen LogP contribution in [0.25, 0.3) is 0 Å². The second-order valence-corrected chi connectivity index (χ2v) is 6.55. The molecule has 0 unspecified atom stereocenters. The van der Waals surface area contributed by atoms with E-state index in [0.717, 1.165) is 42.7 Å². The summed E-state index contributed by atoms with van der Waals surface area (Å²) in [5, 5.41) is 4.00. The zero-order valence-electron chi connectivity index (χ0n) is 11.6. The van der Waals surface area contributed by atoms with Crippen molar-refractivity contribution in [2.45, 2.75) is 37.6 Å². The predicted octanol–water partition coefficient (Wildman–Crippen LogP) is 2.82. The Hall–Kier alpha value is -1.06. The molecule has 0 heterocycles. The molecule has 2 aliphatic carbocycles. The van der Waals surface area contributed by atoms with Gasteiger partial charge in [-0.25, -0.2) is 0 Å². The summed E-state index contributed by atoms with van der Waals surface area (Å²) in [5.74, 6) is 0.645. The Labute approximate surface area is 124 Å². The minimum atomic E-state index is -0.149. The maximum Gasteiger partial charge on any atom is 0.224 e. The van der Waals surface area contributed by atoms with E-state index in [4.69, 9.17) is 17.3 Å². The maximum absolute atomic E-state index is 12.5. The van der Waals surface area contributed by atoms with Crippen LogP contribution in [0.3, 0.4) is 0 Å². The number of hydrogen-bond acceptors (Lipinski definition) is 2. The van der Waals surface area contributed by atoms with Crippen LogP contribution in [0.5, 0.6) is 0 Å². The first-order valence-corrected chi connectivity index (χ1v) is 7.80. The lowest BCUT2D eigenvalue weighted by molar-refractivity contribution is -0.127. The molecular weight excluding hydrogens is 272 g/mol. The van der Waals surface area contributed by atoms with Gasteiger partial charge in [-0.3, -0.25) is 4.79 Å². The third-order valence-corrected chi connectivity index (χ3v) is 5.06. The van der Waals surface area contributed by atoms with E-state index in [1.54, 1.807) is 0 Å². The molecule has 0 spiro atoms. The number of carbonyl (C=O) groups is 1. The molecule has 0 radical (unpaired) electrons. The first-order chi connectivity index (χ1) is 9.64. The lowest BCUT2D eigenvalue weighted by Crippen LogP contribution is -2.41. The van der Waals surface area contributed by atoms with E-state index < -0.39 is 0 Å². The summed E-state index contributed by atoms with van der Waals surface area (Å²) in [6.07, 6.45) is 5.21. The van der Waals surface area contributed by atoms with Crippen LogP contribution in [-0.4, -0.2) is 12.5 Å². The van der Waals surface area contributed by atoms with Crippen molar-refractivity contribution in [1.29, 1.82) is 0 Å². The third-order valence-electron chi connectivity index (χ3n) is 4.81. The molecule has 2 aliphatic rings. The predicted molar refractivity (Wildman–Crippen MR) is 80.4 cm³/mol. The van der Waals surface area contributed by atoms with Gasteiger partial charge in [0.2, 0.25) is 5.91 Å². The van der Waals surface area contributed by atoms with Gasteiger partial charge in [0.15, 0.2) is 0 Å². The maximum atomic E-state index is 12.5. The molecule has 2 atom stereocenters. The highest BCUT2D eigenvalue weighted by atomic mass is 35.5. The van der Waals surface area contributed by atoms with Crippen LogP contribution in [0.15, 0.2) is 24.3 Å². The number of nitrogens with two attached hydrogens (primary N) is 1. The zero-order chi connectivity index (χ0) is 14.2. The van der Waals surface area contributed by atoms with Gasteiger partial charge in [-0.05, 0) is 55.8 Å². The van der Waals surface area contributed by atoms with Gasteiger partial charge in [-0.1, -0.05) is 30.2 Å². The molecule has 1 amide bonds. The van der Waals surface area contributed by atoms with Crippen LogP contribution in [0.2, 0.25) is 5.02 Å². The van der Waals surface area contributed by atoms with Crippen molar-refractivity contribution in [2.75, 3.05) is 6.54 Å². The number of hydrogen-bond donors (Lipinski definition) is 2. The molecule has 20 heavy (non-hydrogen) atoms. The van der Waals surface area contributed by atoms with Crippen molar-refractivity contribution in [3.63, 3.8) is 0 Å². The van der Waals surface area contributed by atoms with Crippen LogP contribution in [0, 0.1) is 11.8 Å². The van der Waals surface area contributed by atoms with Gasteiger partial charge in [-0.15, -0.1) is 0 Å². The number of nitrogens with one attached hydrogen (secondary N) is 1. The monoisotopic (exact) mass is 292 g/mol. The summed E-state index contributed by atoms with van der Waals surface area (Å²) in [4.78, 5) is 12.5. The average Bonchev–Trinajstić information content (AvgIpc) is 3.05. The second kappa shape index (κ2) is 5.38. The minimum Gasteiger partial charge on any atom is -0.346 e. The average molecular weight is 293 g/mol. The molecule has 3 N–H and O–H groups in total. The van der Waals surface area contributed by atoms with E-state index in [-0.39, 0.29) is 17.4 Å². The van der Waals surface area contributed by atoms with E-state index >= 15 is 0 Å². The summed E-state index contributed by atoms with van der Waals surface area (Å²) >= 11 is 5.93. The molecule has 0 saturated heterocycles. The fourth-order valence-electron chi connectivity index (χ4n) is 3.37. The van der Waals surface area contributed by atoms with E-state index in [1.165, 1.54) is 0 Å². The Morgan fingerprint density at radius 1 is 1.30 bits per heavy atom. The fraction of sp³-hybridized carbons (Fsp3) is 0.562. The van der Waals surface area contributed by atoms with Crippen molar-refractivity contribution in [3.05, 3.63) is 34.9 Å². The first-order valence-electron chi connectivity index (χ1n) is 7.43. The lowest BCUT2D eigenvalue weighted by atomic mass is 9.94. The fourth-order valence-corrected chi connectivity index (χ4v) is 3.50. The molecule has 1 aromatic rings. The number of carbonyl (C=O) groups excluding carboxylic acids is 1. The Kier molecular flexibility index (Phi) is 3.74. The molecule has 0 aromatic heterocycles. The topological polar surface area (TPSA) is 55.1 Å². The van der Waals surface area contributed by atoms with Gasteiger partial charge in [0, 0.05) is 10.9 Å². The van der Waals surface area contributed by atoms with Crippen molar-refractivity contribution in [2.24, 2.45) is 17.6 Å². The SMILES string of the molecule is NC[C@H]1CCC[C@H]1C(=O)NC1(c2ccc(Cl)cc2)CC1. The standard InChI is InChI=1S/C16H21ClN2O/c17-13-6-4-12(5-7-13)16(8-9-16)19-15(20)14-3-1-2-11(14)10-18/h4-7,11,14H,1-3,8-10,18H2,(H,19,20)/t11-,14-/m1/s1. The molecule has 2 fully saturated rings. The van der Waals surface area contributed by atoms with Crippen molar-refractivity contribution in [3.8, 4) is 0 Å². The summed E-state index contributed by atoms with van der Waals surface area (Å²) in [7, 11) is 0. The van der Waals surface area contributed by atoms with Crippen LogP contribution in [-0.2, 0) is 10.3 Å². The second-order valence-electron chi connectivity index (χ2n) is 6.11. The van der Waals surface area contributed by atoms with E-state index in [0.29, 0.717) is 12.5 Å². The van der Waals surface area contributed by atoms with Gasteiger partial charge >= 0.3 is 0 Å². The van der Waals surface area contributed by atoms with E-state index in [2.05, 4.69) is 5.32 Å². The first kappa shape index (κ1) is 13.9. The quantitative estimate of drug-likeness (QED) is 0.896. The highest BCUT2D eigenvalue weighted by Crippen LogP contribution is 2.46. The van der Waals surface area contributed by atoms with Crippen LogP contribution < -0.4 is 11.1 Å². The normalized spacial score (nSPS) is 27.3. The summed E-state index contributed by atoms with van der Waals surface area (Å²) in [6, 6.07) is 7.82. The van der Waals surface area contributed by atoms with Gasteiger partial charge in [0.25, 0.3) is 0 Å². The summed E-state index contributed by atoms with van der Waals surface area (Å²) in [6.45, 7) is 0.617. The molecule has 108 valence electrons. The van der Waals surface area contributed by atoms with Crippen LogP contribution >= 0.6 is 11.6 Å². The molecule has 2 saturated carbocycles. The number of amides is 1. The molecule has 0 aliphatic heterocycles. The summed E-state index contributed by atoms with van der Waals surface area (Å²) in [5.41, 5.74) is 6.79. The Morgan fingerprint density at radius 3 is 2.60 bits per heavy atom. The van der Waals surface area contributed by atoms with E-state index in [9.17, 15) is 4.79 Å². The number of halogens is 1. The molecule has 1 aromatic carbocycles. The largest absolute Gasteiger partial charge is 0.346 e. The molecule has 3 nitrogen and oxygen atoms in total. The smallest absolute Gasteiger partial charge is 0.224 e.